The lowest BCUT2D eigenvalue weighted by atomic mass is 10.3. The fourth-order valence-electron chi connectivity index (χ4n) is 2.13. The van der Waals surface area contributed by atoms with Crippen molar-refractivity contribution in [1.82, 2.24) is 9.34 Å². The molecule has 1 heterocycles. The van der Waals surface area contributed by atoms with Crippen molar-refractivity contribution in [3.05, 3.63) is 0 Å². The minimum atomic E-state index is -3.29. The Balaban J connectivity index is 3.01. The Labute approximate surface area is 129 Å². The quantitative estimate of drug-likeness (QED) is 0.400. The Morgan fingerprint density at radius 1 is 1.50 bits per heavy atom. The van der Waals surface area contributed by atoms with Gasteiger partial charge < -0.3 is 9.26 Å². The number of alkyl halides is 2. The van der Waals surface area contributed by atoms with Crippen LogP contribution in [-0.2, 0) is 18.6 Å². The zero-order chi connectivity index (χ0) is 15.2. The third-order valence-electron chi connectivity index (χ3n) is 3.15. The summed E-state index contributed by atoms with van der Waals surface area (Å²) in [6.07, 6.45) is 0.780. The van der Waals surface area contributed by atoms with Gasteiger partial charge in [-0.3, -0.25) is 9.36 Å². The van der Waals surface area contributed by atoms with Crippen LogP contribution in [0, 0.1) is 0 Å². The molecule has 0 aromatic heterocycles. The predicted octanol–water partition coefficient (Wildman–Crippen LogP) is 2.16. The number of carbonyl (C=O) groups excluding carboxylic acids is 1. The van der Waals surface area contributed by atoms with Crippen molar-refractivity contribution < 1.29 is 18.6 Å². The first-order valence-electron chi connectivity index (χ1n) is 6.48. The monoisotopic (exact) mass is 346 g/mol. The Bertz CT molecular complexity index is 370. The second-order valence-electron chi connectivity index (χ2n) is 4.37. The summed E-state index contributed by atoms with van der Waals surface area (Å²) in [6.45, 7) is 3.35. The number of hydrogen-bond acceptors (Lipinski definition) is 4. The van der Waals surface area contributed by atoms with Gasteiger partial charge in [0, 0.05) is 31.4 Å². The molecule has 0 amide bonds. The van der Waals surface area contributed by atoms with E-state index >= 15 is 0 Å². The Morgan fingerprint density at radius 2 is 2.20 bits per heavy atom. The third-order valence-corrected chi connectivity index (χ3v) is 6.32. The van der Waals surface area contributed by atoms with Gasteiger partial charge in [0.2, 0.25) is 0 Å². The van der Waals surface area contributed by atoms with Crippen LogP contribution >= 0.6 is 30.9 Å². The van der Waals surface area contributed by atoms with Crippen molar-refractivity contribution in [2.75, 3.05) is 45.1 Å². The first kappa shape index (κ1) is 18.2. The van der Waals surface area contributed by atoms with Crippen molar-refractivity contribution in [3.63, 3.8) is 0 Å². The van der Waals surface area contributed by atoms with E-state index in [0.717, 1.165) is 6.42 Å². The summed E-state index contributed by atoms with van der Waals surface area (Å²) >= 11 is 11.5. The molecule has 1 aliphatic heterocycles. The molecule has 0 aromatic rings. The first-order chi connectivity index (χ1) is 9.51. The van der Waals surface area contributed by atoms with E-state index in [1.165, 1.54) is 11.8 Å². The van der Waals surface area contributed by atoms with E-state index < -0.39 is 19.7 Å². The highest BCUT2D eigenvalue weighted by Crippen LogP contribution is 2.57. The molecule has 118 valence electrons. The van der Waals surface area contributed by atoms with E-state index in [-0.39, 0.29) is 12.4 Å². The van der Waals surface area contributed by atoms with Crippen LogP contribution < -0.4 is 0 Å². The summed E-state index contributed by atoms with van der Waals surface area (Å²) in [7, 11) is -2.00. The third kappa shape index (κ3) is 4.09. The van der Waals surface area contributed by atoms with Crippen molar-refractivity contribution in [1.29, 1.82) is 0 Å². The van der Waals surface area contributed by atoms with Gasteiger partial charge in [0.05, 0.1) is 13.7 Å². The molecule has 2 unspecified atom stereocenters. The van der Waals surface area contributed by atoms with Crippen LogP contribution in [0.3, 0.4) is 0 Å². The smallest absolute Gasteiger partial charge is 0.346 e. The second-order valence-corrected chi connectivity index (χ2v) is 7.45. The zero-order valence-electron chi connectivity index (χ0n) is 11.8. The minimum Gasteiger partial charge on any atom is -0.468 e. The Kier molecular flexibility index (Phi) is 7.80. The Morgan fingerprint density at radius 3 is 2.75 bits per heavy atom. The highest BCUT2D eigenvalue weighted by molar-refractivity contribution is 7.54. The topological polar surface area (TPSA) is 59.1 Å². The molecule has 20 heavy (non-hydrogen) atoms. The number of rotatable bonds is 7. The van der Waals surface area contributed by atoms with Crippen molar-refractivity contribution >= 4 is 36.8 Å². The second kappa shape index (κ2) is 8.57. The minimum absolute atomic E-state index is 0.239. The van der Waals surface area contributed by atoms with Gasteiger partial charge in [0.1, 0.15) is 6.04 Å². The summed E-state index contributed by atoms with van der Waals surface area (Å²) in [5.41, 5.74) is 0. The average molecular weight is 347 g/mol. The van der Waals surface area contributed by atoms with Gasteiger partial charge in [0.15, 0.2) is 0 Å². The first-order valence-corrected chi connectivity index (χ1v) is 9.08. The summed E-state index contributed by atoms with van der Waals surface area (Å²) < 4.78 is 26.7. The van der Waals surface area contributed by atoms with Crippen LogP contribution in [0.5, 0.6) is 0 Å². The van der Waals surface area contributed by atoms with E-state index in [1.54, 1.807) is 11.6 Å². The van der Waals surface area contributed by atoms with Gasteiger partial charge in [-0.1, -0.05) is 0 Å². The molecule has 0 bridgehead atoms. The van der Waals surface area contributed by atoms with Crippen LogP contribution in [0.15, 0.2) is 0 Å². The zero-order valence-corrected chi connectivity index (χ0v) is 14.2. The maximum Gasteiger partial charge on any atom is 0.346 e. The van der Waals surface area contributed by atoms with E-state index in [9.17, 15) is 9.36 Å². The lowest BCUT2D eigenvalue weighted by molar-refractivity contribution is -0.144. The molecular weight excluding hydrogens is 326 g/mol. The fraction of sp³-hybridized carbons (Fsp3) is 0.909. The molecule has 0 saturated carbocycles. The number of ether oxygens (including phenoxy) is 1. The van der Waals surface area contributed by atoms with Crippen LogP contribution in [0.25, 0.3) is 0 Å². The molecular formula is C11H21Cl2N2O4P. The molecule has 0 aliphatic carbocycles. The average Bonchev–Trinajstić information content (AvgIpc) is 2.45. The molecule has 1 rings (SSSR count). The SMILES string of the molecule is COC(=O)C(C)N(CCCl)P1(=O)OCCCN1CCCl. The van der Waals surface area contributed by atoms with Gasteiger partial charge in [-0.25, -0.2) is 9.34 Å². The lowest BCUT2D eigenvalue weighted by Gasteiger charge is -2.42. The standard InChI is InChI=1S/C11H21Cl2N2O4P/c1-10(11(16)18-2)15(8-5-13)20(17)14(7-4-12)6-3-9-19-20/h10H,3-9H2,1-2H3. The van der Waals surface area contributed by atoms with Crippen molar-refractivity contribution in [2.45, 2.75) is 19.4 Å². The highest BCUT2D eigenvalue weighted by atomic mass is 35.5. The number of hydrogen-bond donors (Lipinski definition) is 0. The fourth-order valence-corrected chi connectivity index (χ4v) is 5.39. The molecule has 0 aromatic carbocycles. The molecule has 6 nitrogen and oxygen atoms in total. The maximum absolute atomic E-state index is 13.2. The maximum atomic E-state index is 13.2. The van der Waals surface area contributed by atoms with Gasteiger partial charge in [0.25, 0.3) is 0 Å². The van der Waals surface area contributed by atoms with Gasteiger partial charge in [-0.05, 0) is 13.3 Å². The highest BCUT2D eigenvalue weighted by Gasteiger charge is 2.44. The van der Waals surface area contributed by atoms with Crippen LogP contribution in [0.2, 0.25) is 0 Å². The van der Waals surface area contributed by atoms with Gasteiger partial charge in [-0.2, -0.15) is 0 Å². The number of nitrogens with zero attached hydrogens (tertiary/aromatic N) is 2. The van der Waals surface area contributed by atoms with Crippen molar-refractivity contribution in [3.8, 4) is 0 Å². The van der Waals surface area contributed by atoms with Gasteiger partial charge in [-0.15, -0.1) is 23.2 Å². The lowest BCUT2D eigenvalue weighted by Crippen LogP contribution is -2.45. The molecule has 0 spiro atoms. The summed E-state index contributed by atoms with van der Waals surface area (Å²) in [6, 6.07) is -0.694. The van der Waals surface area contributed by atoms with E-state index in [2.05, 4.69) is 0 Å². The largest absolute Gasteiger partial charge is 0.468 e. The van der Waals surface area contributed by atoms with E-state index in [0.29, 0.717) is 25.6 Å². The molecule has 1 saturated heterocycles. The summed E-state index contributed by atoms with van der Waals surface area (Å²) in [4.78, 5) is 11.7. The van der Waals surface area contributed by atoms with Crippen LogP contribution in [-0.4, -0.2) is 66.5 Å². The molecule has 2 atom stereocenters. The number of halogens is 2. The number of carbonyl (C=O) groups is 1. The predicted molar refractivity (Wildman–Crippen MR) is 79.4 cm³/mol. The molecule has 1 fully saturated rings. The Hall–Kier alpha value is 0.160. The number of methoxy groups -OCH3 is 1. The summed E-state index contributed by atoms with van der Waals surface area (Å²) in [5, 5.41) is 0. The molecule has 0 N–H and O–H groups in total. The number of esters is 1. The van der Waals surface area contributed by atoms with Crippen molar-refractivity contribution in [2.24, 2.45) is 0 Å². The van der Waals surface area contributed by atoms with Gasteiger partial charge >= 0.3 is 13.6 Å². The summed E-state index contributed by atoms with van der Waals surface area (Å²) in [5.74, 6) is 0.114. The van der Waals surface area contributed by atoms with Crippen LogP contribution in [0.4, 0.5) is 0 Å². The van der Waals surface area contributed by atoms with Crippen LogP contribution in [0.1, 0.15) is 13.3 Å². The molecule has 0 radical (unpaired) electrons. The molecule has 9 heteroatoms. The van der Waals surface area contributed by atoms with E-state index in [1.807, 2.05) is 0 Å². The molecule has 1 aliphatic rings. The normalized spacial score (nSPS) is 25.6. The van der Waals surface area contributed by atoms with E-state index in [4.69, 9.17) is 32.5 Å².